The van der Waals surface area contributed by atoms with Crippen LogP contribution in [0, 0.1) is 5.82 Å². The van der Waals surface area contributed by atoms with E-state index in [1.165, 1.54) is 0 Å². The van der Waals surface area contributed by atoms with Gasteiger partial charge in [0.2, 0.25) is 0 Å². The first kappa shape index (κ1) is 11.4. The molecular weight excluding hydrogens is 203 g/mol. The van der Waals surface area contributed by atoms with Crippen LogP contribution in [0.15, 0.2) is 18.2 Å². The molecule has 0 saturated heterocycles. The van der Waals surface area contributed by atoms with Gasteiger partial charge in [-0.15, -0.1) is 0 Å². The predicted molar refractivity (Wildman–Crippen MR) is 56.8 cm³/mol. The first-order valence-electron chi connectivity index (χ1n) is 4.59. The molecule has 0 aromatic heterocycles. The van der Waals surface area contributed by atoms with E-state index >= 15 is 0 Å². The second kappa shape index (κ2) is 5.96. The fourth-order valence-corrected chi connectivity index (χ4v) is 1.33. The number of nitrogens with one attached hydrogen (secondary N) is 1. The number of nitrogens with two attached hydrogens (primary N) is 1. The summed E-state index contributed by atoms with van der Waals surface area (Å²) >= 11 is 5.63. The van der Waals surface area contributed by atoms with Gasteiger partial charge in [-0.05, 0) is 25.6 Å². The van der Waals surface area contributed by atoms with Gasteiger partial charge in [-0.2, -0.15) is 0 Å². The molecule has 2 nitrogen and oxygen atoms in total. The molecular formula is C10H14ClFN2. The van der Waals surface area contributed by atoms with E-state index in [0.717, 1.165) is 13.0 Å². The Balaban J connectivity index is 2.46. The van der Waals surface area contributed by atoms with Gasteiger partial charge in [0.25, 0.3) is 0 Å². The van der Waals surface area contributed by atoms with Crippen LogP contribution >= 0.6 is 11.6 Å². The molecule has 0 spiro atoms. The van der Waals surface area contributed by atoms with Crippen LogP contribution < -0.4 is 11.1 Å². The van der Waals surface area contributed by atoms with E-state index in [-0.39, 0.29) is 10.8 Å². The predicted octanol–water partition coefficient (Wildman–Crippen LogP) is 1.92. The normalized spacial score (nSPS) is 10.5. The molecule has 0 amide bonds. The summed E-state index contributed by atoms with van der Waals surface area (Å²) in [5.74, 6) is -0.339. The van der Waals surface area contributed by atoms with Crippen molar-refractivity contribution in [3.8, 4) is 0 Å². The van der Waals surface area contributed by atoms with Gasteiger partial charge in [-0.1, -0.05) is 23.7 Å². The zero-order valence-electron chi connectivity index (χ0n) is 7.89. The Morgan fingerprint density at radius 1 is 1.43 bits per heavy atom. The Bertz CT molecular complexity index is 291. The standard InChI is InChI=1S/C10H14ClFN2/c11-9-4-1-3-8(10(9)12)7-14-6-2-5-13/h1,3-4,14H,2,5-7,13H2. The highest BCUT2D eigenvalue weighted by molar-refractivity contribution is 6.30. The highest BCUT2D eigenvalue weighted by atomic mass is 35.5. The van der Waals surface area contributed by atoms with E-state index in [9.17, 15) is 4.39 Å². The molecule has 0 saturated carbocycles. The summed E-state index contributed by atoms with van der Waals surface area (Å²) in [6, 6.07) is 5.00. The number of hydrogen-bond acceptors (Lipinski definition) is 2. The van der Waals surface area contributed by atoms with E-state index in [1.54, 1.807) is 18.2 Å². The van der Waals surface area contributed by atoms with Gasteiger partial charge in [-0.25, -0.2) is 4.39 Å². The molecule has 1 rings (SSSR count). The van der Waals surface area contributed by atoms with Crippen molar-refractivity contribution >= 4 is 11.6 Å². The van der Waals surface area contributed by atoms with Crippen LogP contribution in [0.2, 0.25) is 5.02 Å². The summed E-state index contributed by atoms with van der Waals surface area (Å²) in [5.41, 5.74) is 5.92. The summed E-state index contributed by atoms with van der Waals surface area (Å²) in [5, 5.41) is 3.26. The summed E-state index contributed by atoms with van der Waals surface area (Å²) in [6.07, 6.45) is 0.891. The third-order valence-corrected chi connectivity index (χ3v) is 2.20. The molecule has 0 aliphatic heterocycles. The van der Waals surface area contributed by atoms with Crippen molar-refractivity contribution in [1.82, 2.24) is 5.32 Å². The van der Waals surface area contributed by atoms with Crippen LogP contribution in [0.5, 0.6) is 0 Å². The van der Waals surface area contributed by atoms with Crippen molar-refractivity contribution in [2.75, 3.05) is 13.1 Å². The van der Waals surface area contributed by atoms with E-state index in [4.69, 9.17) is 17.3 Å². The zero-order valence-corrected chi connectivity index (χ0v) is 8.65. The molecule has 1 aromatic carbocycles. The van der Waals surface area contributed by atoms with Crippen molar-refractivity contribution in [2.24, 2.45) is 5.73 Å². The van der Waals surface area contributed by atoms with Crippen LogP contribution in [0.25, 0.3) is 0 Å². The highest BCUT2D eigenvalue weighted by Crippen LogP contribution is 2.17. The lowest BCUT2D eigenvalue weighted by Gasteiger charge is -2.05. The van der Waals surface area contributed by atoms with E-state index in [0.29, 0.717) is 18.7 Å². The Labute approximate surface area is 88.2 Å². The summed E-state index contributed by atoms with van der Waals surface area (Å²) < 4.78 is 13.3. The Hall–Kier alpha value is -0.640. The lowest BCUT2D eigenvalue weighted by molar-refractivity contribution is 0.583. The minimum atomic E-state index is -0.339. The number of hydrogen-bond donors (Lipinski definition) is 2. The van der Waals surface area contributed by atoms with Crippen LogP contribution in [0.1, 0.15) is 12.0 Å². The quantitative estimate of drug-likeness (QED) is 0.738. The second-order valence-electron chi connectivity index (χ2n) is 3.03. The Kier molecular flexibility index (Phi) is 4.87. The largest absolute Gasteiger partial charge is 0.330 e. The average Bonchev–Trinajstić information content (AvgIpc) is 2.19. The summed E-state index contributed by atoms with van der Waals surface area (Å²) in [6.45, 7) is 1.93. The third-order valence-electron chi connectivity index (χ3n) is 1.90. The van der Waals surface area contributed by atoms with Gasteiger partial charge in [0.05, 0.1) is 5.02 Å². The summed E-state index contributed by atoms with van der Waals surface area (Å²) in [7, 11) is 0. The van der Waals surface area contributed by atoms with Crippen LogP contribution in [0.3, 0.4) is 0 Å². The van der Waals surface area contributed by atoms with Crippen molar-refractivity contribution in [3.05, 3.63) is 34.6 Å². The maximum absolute atomic E-state index is 13.3. The molecule has 0 unspecified atom stereocenters. The molecule has 0 bridgehead atoms. The molecule has 0 aliphatic carbocycles. The number of halogens is 2. The smallest absolute Gasteiger partial charge is 0.146 e. The third kappa shape index (κ3) is 3.25. The average molecular weight is 217 g/mol. The Morgan fingerprint density at radius 2 is 2.21 bits per heavy atom. The lowest BCUT2D eigenvalue weighted by Crippen LogP contribution is -2.18. The first-order chi connectivity index (χ1) is 6.75. The van der Waals surface area contributed by atoms with E-state index in [2.05, 4.69) is 5.32 Å². The van der Waals surface area contributed by atoms with Gasteiger partial charge >= 0.3 is 0 Å². The Morgan fingerprint density at radius 3 is 2.93 bits per heavy atom. The van der Waals surface area contributed by atoms with E-state index in [1.807, 2.05) is 0 Å². The van der Waals surface area contributed by atoms with Gasteiger partial charge in [0, 0.05) is 12.1 Å². The minimum Gasteiger partial charge on any atom is -0.330 e. The van der Waals surface area contributed by atoms with Crippen LogP contribution in [0.4, 0.5) is 4.39 Å². The SMILES string of the molecule is NCCCNCc1cccc(Cl)c1F. The van der Waals surface area contributed by atoms with Crippen molar-refractivity contribution in [2.45, 2.75) is 13.0 Å². The maximum Gasteiger partial charge on any atom is 0.146 e. The van der Waals surface area contributed by atoms with Crippen molar-refractivity contribution < 1.29 is 4.39 Å². The van der Waals surface area contributed by atoms with Gasteiger partial charge in [0.1, 0.15) is 5.82 Å². The van der Waals surface area contributed by atoms with Crippen molar-refractivity contribution in [3.63, 3.8) is 0 Å². The number of rotatable bonds is 5. The topological polar surface area (TPSA) is 38.0 Å². The molecule has 4 heteroatoms. The molecule has 0 atom stereocenters. The molecule has 0 heterocycles. The molecule has 0 radical (unpaired) electrons. The van der Waals surface area contributed by atoms with E-state index < -0.39 is 0 Å². The van der Waals surface area contributed by atoms with Crippen LogP contribution in [-0.2, 0) is 6.54 Å². The van der Waals surface area contributed by atoms with Crippen LogP contribution in [-0.4, -0.2) is 13.1 Å². The maximum atomic E-state index is 13.3. The lowest BCUT2D eigenvalue weighted by atomic mass is 10.2. The van der Waals surface area contributed by atoms with Gasteiger partial charge < -0.3 is 11.1 Å². The molecule has 0 aliphatic rings. The number of benzene rings is 1. The summed E-state index contributed by atoms with van der Waals surface area (Å²) in [4.78, 5) is 0. The fourth-order valence-electron chi connectivity index (χ4n) is 1.14. The van der Waals surface area contributed by atoms with Gasteiger partial charge in [0.15, 0.2) is 0 Å². The second-order valence-corrected chi connectivity index (χ2v) is 3.44. The zero-order chi connectivity index (χ0) is 10.4. The fraction of sp³-hybridized carbons (Fsp3) is 0.400. The van der Waals surface area contributed by atoms with Gasteiger partial charge in [-0.3, -0.25) is 0 Å². The first-order valence-corrected chi connectivity index (χ1v) is 4.97. The molecule has 1 aromatic rings. The minimum absolute atomic E-state index is 0.170. The molecule has 78 valence electrons. The highest BCUT2D eigenvalue weighted by Gasteiger charge is 2.04. The molecule has 0 fully saturated rings. The molecule has 3 N–H and O–H groups in total. The monoisotopic (exact) mass is 216 g/mol. The van der Waals surface area contributed by atoms with Crippen molar-refractivity contribution in [1.29, 1.82) is 0 Å². The molecule has 14 heavy (non-hydrogen) atoms.